The molecule has 0 saturated heterocycles. The molecule has 0 saturated carbocycles. The Morgan fingerprint density at radius 3 is 2.86 bits per heavy atom. The molecule has 1 aliphatic rings. The van der Waals surface area contributed by atoms with Crippen molar-refractivity contribution in [3.8, 4) is 0 Å². The minimum absolute atomic E-state index is 0.00124. The summed E-state index contributed by atoms with van der Waals surface area (Å²) in [5, 5.41) is 5.96. The molecule has 6 heteroatoms. The first-order chi connectivity index (χ1) is 9.92. The van der Waals surface area contributed by atoms with E-state index in [1.807, 2.05) is 13.0 Å². The van der Waals surface area contributed by atoms with E-state index in [0.717, 1.165) is 11.3 Å². The van der Waals surface area contributed by atoms with Crippen LogP contribution in [0.25, 0.3) is 0 Å². The van der Waals surface area contributed by atoms with Crippen LogP contribution < -0.4 is 16.4 Å². The van der Waals surface area contributed by atoms with E-state index in [1.165, 1.54) is 0 Å². The molecule has 1 atom stereocenters. The summed E-state index contributed by atoms with van der Waals surface area (Å²) in [6, 6.07) is 3.28. The molecule has 4 N–H and O–H groups in total. The molecule has 21 heavy (non-hydrogen) atoms. The summed E-state index contributed by atoms with van der Waals surface area (Å²) >= 11 is 0. The zero-order valence-electron chi connectivity index (χ0n) is 12.7. The fourth-order valence-corrected chi connectivity index (χ4v) is 2.35. The molecule has 2 rings (SSSR count). The molecule has 0 aliphatic carbocycles. The fourth-order valence-electron chi connectivity index (χ4n) is 2.35. The van der Waals surface area contributed by atoms with Gasteiger partial charge in [-0.1, -0.05) is 0 Å². The van der Waals surface area contributed by atoms with Crippen molar-refractivity contribution in [2.75, 3.05) is 30.0 Å². The molecule has 0 fully saturated rings. The number of fused-ring (bicyclic) bond motifs is 1. The molecule has 0 aromatic heterocycles. The lowest BCUT2D eigenvalue weighted by Crippen LogP contribution is -2.39. The van der Waals surface area contributed by atoms with Crippen LogP contribution in [0.4, 0.5) is 17.1 Å². The molecule has 0 spiro atoms. The Kier molecular flexibility index (Phi) is 4.35. The number of hydrogen-bond donors (Lipinski definition) is 3. The van der Waals surface area contributed by atoms with Gasteiger partial charge in [0, 0.05) is 25.7 Å². The lowest BCUT2D eigenvalue weighted by atomic mass is 10.0. The van der Waals surface area contributed by atoms with Crippen LogP contribution >= 0.6 is 0 Å². The zero-order valence-corrected chi connectivity index (χ0v) is 12.7. The number of anilines is 3. The second kappa shape index (κ2) is 6.03. The maximum atomic E-state index is 12.1. The maximum Gasteiger partial charge on any atom is 0.244 e. The zero-order chi connectivity index (χ0) is 15.6. The van der Waals surface area contributed by atoms with Gasteiger partial charge in [-0.3, -0.25) is 9.59 Å². The first kappa shape index (κ1) is 15.2. The highest BCUT2D eigenvalue weighted by Gasteiger charge is 2.20. The van der Waals surface area contributed by atoms with Gasteiger partial charge in [0.25, 0.3) is 0 Å². The van der Waals surface area contributed by atoms with Crippen LogP contribution in [-0.4, -0.2) is 36.3 Å². The van der Waals surface area contributed by atoms with E-state index in [-0.39, 0.29) is 17.9 Å². The second-order valence-corrected chi connectivity index (χ2v) is 5.36. The van der Waals surface area contributed by atoms with E-state index in [4.69, 9.17) is 5.73 Å². The van der Waals surface area contributed by atoms with Crippen molar-refractivity contribution in [1.29, 1.82) is 0 Å². The average molecular weight is 290 g/mol. The molecule has 0 radical (unpaired) electrons. The van der Waals surface area contributed by atoms with Crippen LogP contribution in [0.15, 0.2) is 12.1 Å². The molecular formula is C15H22N4O2. The number of nitrogens with two attached hydrogens (primary N) is 1. The largest absolute Gasteiger partial charge is 0.397 e. The van der Waals surface area contributed by atoms with Crippen molar-refractivity contribution < 1.29 is 9.59 Å². The third kappa shape index (κ3) is 3.26. The van der Waals surface area contributed by atoms with Crippen molar-refractivity contribution >= 4 is 28.9 Å². The van der Waals surface area contributed by atoms with E-state index in [0.29, 0.717) is 30.8 Å². The molecular weight excluding hydrogens is 268 g/mol. The average Bonchev–Trinajstić information content (AvgIpc) is 2.46. The summed E-state index contributed by atoms with van der Waals surface area (Å²) in [6.45, 7) is 4.37. The topological polar surface area (TPSA) is 87.5 Å². The maximum absolute atomic E-state index is 12.1. The minimum Gasteiger partial charge on any atom is -0.397 e. The van der Waals surface area contributed by atoms with Gasteiger partial charge in [0.15, 0.2) is 0 Å². The van der Waals surface area contributed by atoms with Crippen molar-refractivity contribution in [2.24, 2.45) is 0 Å². The number of benzene rings is 1. The van der Waals surface area contributed by atoms with Gasteiger partial charge in [0.05, 0.1) is 11.4 Å². The van der Waals surface area contributed by atoms with Crippen LogP contribution in [0.1, 0.15) is 25.8 Å². The number of nitrogen functional groups attached to an aromatic ring is 1. The molecule has 0 bridgehead atoms. The van der Waals surface area contributed by atoms with Crippen molar-refractivity contribution in [3.05, 3.63) is 17.7 Å². The van der Waals surface area contributed by atoms with Gasteiger partial charge in [0.2, 0.25) is 11.8 Å². The quantitative estimate of drug-likeness (QED) is 0.732. The Bertz CT molecular complexity index is 571. The molecule has 6 nitrogen and oxygen atoms in total. The van der Waals surface area contributed by atoms with Gasteiger partial charge in [-0.05, 0) is 38.0 Å². The summed E-state index contributed by atoms with van der Waals surface area (Å²) < 4.78 is 0. The fraction of sp³-hybridized carbons (Fsp3) is 0.467. The van der Waals surface area contributed by atoms with Crippen LogP contribution in [0.2, 0.25) is 0 Å². The number of rotatable bonds is 4. The highest BCUT2D eigenvalue weighted by molar-refractivity contribution is 5.96. The molecule has 1 aromatic carbocycles. The van der Waals surface area contributed by atoms with E-state index in [1.54, 1.807) is 24.9 Å². The predicted molar refractivity (Wildman–Crippen MR) is 84.2 cm³/mol. The Labute approximate surface area is 124 Å². The summed E-state index contributed by atoms with van der Waals surface area (Å²) in [5.74, 6) is 0.00622. The number of likely N-dealkylation sites (N-methyl/N-ethyl adjacent to an activating group) is 1. The van der Waals surface area contributed by atoms with E-state index in [2.05, 4.69) is 10.6 Å². The summed E-state index contributed by atoms with van der Waals surface area (Å²) in [7, 11) is 1.76. The van der Waals surface area contributed by atoms with Gasteiger partial charge in [-0.15, -0.1) is 0 Å². The van der Waals surface area contributed by atoms with Crippen LogP contribution in [0.3, 0.4) is 0 Å². The minimum atomic E-state index is -0.380. The second-order valence-electron chi connectivity index (χ2n) is 5.36. The SMILES string of the molecule is CCN(C)C(=O)C(C)Nc1cc2c(cc1N)CCC(=O)N2. The highest BCUT2D eigenvalue weighted by atomic mass is 16.2. The Morgan fingerprint density at radius 2 is 2.19 bits per heavy atom. The Hall–Kier alpha value is -2.24. The highest BCUT2D eigenvalue weighted by Crippen LogP contribution is 2.31. The van der Waals surface area contributed by atoms with Gasteiger partial charge in [-0.2, -0.15) is 0 Å². The molecule has 1 heterocycles. The predicted octanol–water partition coefficient (Wildman–Crippen LogP) is 1.43. The van der Waals surface area contributed by atoms with Crippen LogP contribution in [0, 0.1) is 0 Å². The summed E-state index contributed by atoms with van der Waals surface area (Å²) in [6.07, 6.45) is 1.17. The van der Waals surface area contributed by atoms with Gasteiger partial charge in [-0.25, -0.2) is 0 Å². The van der Waals surface area contributed by atoms with E-state index >= 15 is 0 Å². The molecule has 2 amide bonds. The molecule has 1 aromatic rings. The van der Waals surface area contributed by atoms with Gasteiger partial charge in [0.1, 0.15) is 6.04 Å². The van der Waals surface area contributed by atoms with E-state index in [9.17, 15) is 9.59 Å². The van der Waals surface area contributed by atoms with Crippen molar-refractivity contribution in [2.45, 2.75) is 32.7 Å². The lowest BCUT2D eigenvalue weighted by Gasteiger charge is -2.24. The van der Waals surface area contributed by atoms with Gasteiger partial charge < -0.3 is 21.3 Å². The van der Waals surface area contributed by atoms with Crippen LogP contribution in [0.5, 0.6) is 0 Å². The summed E-state index contributed by atoms with van der Waals surface area (Å²) in [4.78, 5) is 25.2. The lowest BCUT2D eigenvalue weighted by molar-refractivity contribution is -0.130. The smallest absolute Gasteiger partial charge is 0.244 e. The molecule has 1 unspecified atom stereocenters. The normalized spacial score (nSPS) is 14.9. The van der Waals surface area contributed by atoms with E-state index < -0.39 is 0 Å². The molecule has 1 aliphatic heterocycles. The molecule has 114 valence electrons. The number of nitrogens with zero attached hydrogens (tertiary/aromatic N) is 1. The van der Waals surface area contributed by atoms with Crippen molar-refractivity contribution in [1.82, 2.24) is 4.90 Å². The van der Waals surface area contributed by atoms with Crippen molar-refractivity contribution in [3.63, 3.8) is 0 Å². The number of carbonyl (C=O) groups excluding carboxylic acids is 2. The monoisotopic (exact) mass is 290 g/mol. The number of amides is 2. The first-order valence-electron chi connectivity index (χ1n) is 7.16. The van der Waals surface area contributed by atoms with Crippen LogP contribution in [-0.2, 0) is 16.0 Å². The number of aryl methyl sites for hydroxylation is 1. The Balaban J connectivity index is 2.19. The number of hydrogen-bond acceptors (Lipinski definition) is 4. The number of nitrogens with one attached hydrogen (secondary N) is 2. The Morgan fingerprint density at radius 1 is 1.48 bits per heavy atom. The third-order valence-electron chi connectivity index (χ3n) is 3.76. The number of carbonyl (C=O) groups is 2. The summed E-state index contributed by atoms with van der Waals surface area (Å²) in [5.41, 5.74) is 9.09. The standard InChI is InChI=1S/C15H22N4O2/c1-4-19(3)15(21)9(2)17-13-8-12-10(7-11(13)16)5-6-14(20)18-12/h7-9,17H,4-6,16H2,1-3H3,(H,18,20). The first-order valence-corrected chi connectivity index (χ1v) is 7.16. The van der Waals surface area contributed by atoms with Gasteiger partial charge >= 0.3 is 0 Å². The third-order valence-corrected chi connectivity index (χ3v) is 3.76.